The largest absolute Gasteiger partial charge is 0.507 e. The average molecular weight is 500 g/mol. The molecule has 0 saturated carbocycles. The summed E-state index contributed by atoms with van der Waals surface area (Å²) in [6, 6.07) is 17.5. The molecule has 1 fully saturated rings. The first kappa shape index (κ1) is 24.1. The Kier molecular flexibility index (Phi) is 6.40. The smallest absolute Gasteiger partial charge is 0.335 e. The maximum Gasteiger partial charge on any atom is 0.335 e. The number of aryl methyl sites for hydroxylation is 1. The van der Waals surface area contributed by atoms with Gasteiger partial charge in [-0.05, 0) is 72.0 Å². The minimum atomic E-state index is -1.06. The minimum Gasteiger partial charge on any atom is -0.507 e. The molecular weight excluding hydrogens is 474 g/mol. The van der Waals surface area contributed by atoms with Crippen molar-refractivity contribution in [1.82, 2.24) is 4.90 Å². The number of hydrogen-bond acceptors (Lipinski definition) is 6. The molecule has 2 aliphatic rings. The third-order valence-electron chi connectivity index (χ3n) is 6.69. The molecule has 1 atom stereocenters. The van der Waals surface area contributed by atoms with Gasteiger partial charge < -0.3 is 24.6 Å². The Morgan fingerprint density at radius 2 is 1.78 bits per heavy atom. The van der Waals surface area contributed by atoms with Crippen molar-refractivity contribution < 1.29 is 34.1 Å². The van der Waals surface area contributed by atoms with E-state index >= 15 is 0 Å². The van der Waals surface area contributed by atoms with Gasteiger partial charge in [-0.3, -0.25) is 9.59 Å². The van der Waals surface area contributed by atoms with Crippen LogP contribution in [0.25, 0.3) is 5.76 Å². The molecule has 0 aromatic heterocycles. The minimum absolute atomic E-state index is 0.0166. The quantitative estimate of drug-likeness (QED) is 0.295. The Morgan fingerprint density at radius 1 is 1.03 bits per heavy atom. The first-order valence-corrected chi connectivity index (χ1v) is 11.9. The number of carbonyl (C=O) groups excluding carboxylic acids is 2. The van der Waals surface area contributed by atoms with Gasteiger partial charge in [0.15, 0.2) is 0 Å². The predicted octanol–water partition coefficient (Wildman–Crippen LogP) is 4.34. The van der Waals surface area contributed by atoms with E-state index in [0.717, 1.165) is 24.2 Å². The van der Waals surface area contributed by atoms with Crippen molar-refractivity contribution in [2.75, 3.05) is 13.7 Å². The molecule has 0 radical (unpaired) electrons. The zero-order valence-corrected chi connectivity index (χ0v) is 20.1. The number of likely N-dealkylation sites (tertiary alicyclic amines) is 1. The van der Waals surface area contributed by atoms with E-state index in [1.54, 1.807) is 54.6 Å². The van der Waals surface area contributed by atoms with Crippen molar-refractivity contribution in [2.24, 2.45) is 0 Å². The summed E-state index contributed by atoms with van der Waals surface area (Å²) in [5.74, 6) is -1.57. The molecule has 188 valence electrons. The van der Waals surface area contributed by atoms with Crippen LogP contribution in [0.15, 0.2) is 72.3 Å². The molecule has 2 heterocycles. The van der Waals surface area contributed by atoms with Gasteiger partial charge in [-0.25, -0.2) is 4.79 Å². The number of aliphatic hydroxyl groups is 1. The molecule has 1 unspecified atom stereocenters. The van der Waals surface area contributed by atoms with E-state index in [4.69, 9.17) is 9.47 Å². The van der Waals surface area contributed by atoms with E-state index in [0.29, 0.717) is 29.0 Å². The fraction of sp³-hybridized carbons (Fsp3) is 0.207. The number of rotatable bonds is 6. The Labute approximate surface area is 213 Å². The van der Waals surface area contributed by atoms with Crippen molar-refractivity contribution in [3.63, 3.8) is 0 Å². The molecule has 0 spiro atoms. The number of fused-ring (bicyclic) bond motifs is 1. The Bertz CT molecular complexity index is 1420. The Hall–Kier alpha value is -4.59. The zero-order valence-electron chi connectivity index (χ0n) is 20.1. The van der Waals surface area contributed by atoms with Gasteiger partial charge in [0, 0.05) is 12.1 Å². The zero-order chi connectivity index (χ0) is 26.1. The van der Waals surface area contributed by atoms with Gasteiger partial charge in [0.1, 0.15) is 17.3 Å². The second-order valence-electron chi connectivity index (χ2n) is 8.98. The summed E-state index contributed by atoms with van der Waals surface area (Å²) in [4.78, 5) is 39.3. The Morgan fingerprint density at radius 3 is 2.51 bits per heavy atom. The van der Waals surface area contributed by atoms with Crippen LogP contribution in [0.5, 0.6) is 11.5 Å². The van der Waals surface area contributed by atoms with Crippen LogP contribution in [0.2, 0.25) is 0 Å². The van der Waals surface area contributed by atoms with Crippen LogP contribution in [0, 0.1) is 0 Å². The number of methoxy groups -OCH3 is 1. The molecular formula is C29H25NO7. The lowest BCUT2D eigenvalue weighted by Crippen LogP contribution is -2.29. The van der Waals surface area contributed by atoms with Gasteiger partial charge in [0.2, 0.25) is 0 Å². The standard InChI is InChI=1S/C29H25NO7/c1-36-22-6-2-4-20(15-22)25-24(26(31)21-11-12-23-19(14-21)5-3-13-37-23)27(32)28(33)30(25)16-17-7-9-18(10-8-17)29(34)35/h2,4,6-12,14-15,25,31H,3,5,13,16H2,1H3,(H,34,35)/b26-24-. The van der Waals surface area contributed by atoms with Gasteiger partial charge in [0.05, 0.1) is 30.9 Å². The number of carboxylic acid groups (broad SMARTS) is 1. The van der Waals surface area contributed by atoms with E-state index < -0.39 is 23.7 Å². The SMILES string of the molecule is COc1cccc(C2/C(=C(/O)c3ccc4c(c3)CCCO4)C(=O)C(=O)N2Cc2ccc(C(=O)O)cc2)c1. The summed E-state index contributed by atoms with van der Waals surface area (Å²) in [5, 5.41) is 20.6. The molecule has 0 aliphatic carbocycles. The van der Waals surface area contributed by atoms with Crippen LogP contribution in [0.3, 0.4) is 0 Å². The van der Waals surface area contributed by atoms with E-state index in [2.05, 4.69) is 0 Å². The molecule has 37 heavy (non-hydrogen) atoms. The number of Topliss-reactive ketones (excluding diaryl/α,β-unsaturated/α-hetero) is 1. The second-order valence-corrected chi connectivity index (χ2v) is 8.98. The average Bonchev–Trinajstić information content (AvgIpc) is 3.17. The highest BCUT2D eigenvalue weighted by Gasteiger charge is 2.46. The molecule has 1 amide bonds. The molecule has 8 nitrogen and oxygen atoms in total. The van der Waals surface area contributed by atoms with E-state index in [1.165, 1.54) is 24.1 Å². The van der Waals surface area contributed by atoms with Crippen molar-refractivity contribution in [1.29, 1.82) is 0 Å². The van der Waals surface area contributed by atoms with E-state index in [-0.39, 0.29) is 23.4 Å². The number of hydrogen-bond donors (Lipinski definition) is 2. The van der Waals surface area contributed by atoms with Crippen molar-refractivity contribution in [3.05, 3.63) is 100 Å². The number of aromatic carboxylic acids is 1. The van der Waals surface area contributed by atoms with Gasteiger partial charge in [0.25, 0.3) is 11.7 Å². The van der Waals surface area contributed by atoms with Crippen LogP contribution in [-0.4, -0.2) is 46.5 Å². The third-order valence-corrected chi connectivity index (χ3v) is 6.69. The van der Waals surface area contributed by atoms with Crippen LogP contribution in [0.1, 0.15) is 45.1 Å². The third kappa shape index (κ3) is 4.53. The number of ketones is 1. The monoisotopic (exact) mass is 499 g/mol. The lowest BCUT2D eigenvalue weighted by Gasteiger charge is -2.26. The number of amides is 1. The molecule has 5 rings (SSSR count). The number of carbonyl (C=O) groups is 3. The lowest BCUT2D eigenvalue weighted by atomic mass is 9.93. The number of ether oxygens (including phenoxy) is 2. The van der Waals surface area contributed by atoms with Crippen molar-refractivity contribution in [2.45, 2.75) is 25.4 Å². The second kappa shape index (κ2) is 9.81. The normalized spacial score (nSPS) is 18.3. The van der Waals surface area contributed by atoms with Crippen LogP contribution in [0.4, 0.5) is 0 Å². The molecule has 8 heteroatoms. The maximum atomic E-state index is 13.3. The summed E-state index contributed by atoms with van der Waals surface area (Å²) in [6.07, 6.45) is 1.64. The fourth-order valence-corrected chi connectivity index (χ4v) is 4.81. The van der Waals surface area contributed by atoms with Crippen LogP contribution < -0.4 is 9.47 Å². The van der Waals surface area contributed by atoms with Gasteiger partial charge >= 0.3 is 5.97 Å². The van der Waals surface area contributed by atoms with E-state index in [1.807, 2.05) is 0 Å². The van der Waals surface area contributed by atoms with Gasteiger partial charge in [-0.1, -0.05) is 24.3 Å². The summed E-state index contributed by atoms with van der Waals surface area (Å²) in [6.45, 7) is 0.674. The van der Waals surface area contributed by atoms with E-state index in [9.17, 15) is 24.6 Å². The van der Waals surface area contributed by atoms with Crippen molar-refractivity contribution >= 4 is 23.4 Å². The van der Waals surface area contributed by atoms with Gasteiger partial charge in [-0.15, -0.1) is 0 Å². The predicted molar refractivity (Wildman–Crippen MR) is 135 cm³/mol. The summed E-state index contributed by atoms with van der Waals surface area (Å²) >= 11 is 0. The Balaban J connectivity index is 1.61. The molecule has 1 saturated heterocycles. The number of carboxylic acids is 1. The molecule has 0 bridgehead atoms. The van der Waals surface area contributed by atoms with Crippen LogP contribution >= 0.6 is 0 Å². The first-order valence-electron chi connectivity index (χ1n) is 11.9. The van der Waals surface area contributed by atoms with Crippen LogP contribution in [-0.2, 0) is 22.6 Å². The highest BCUT2D eigenvalue weighted by molar-refractivity contribution is 6.46. The number of nitrogens with zero attached hydrogens (tertiary/aromatic N) is 1. The van der Waals surface area contributed by atoms with Crippen molar-refractivity contribution in [3.8, 4) is 11.5 Å². The van der Waals surface area contributed by atoms with Gasteiger partial charge in [-0.2, -0.15) is 0 Å². The summed E-state index contributed by atoms with van der Waals surface area (Å²) in [5.41, 5.74) is 2.71. The molecule has 3 aromatic rings. The molecule has 3 aromatic carbocycles. The lowest BCUT2D eigenvalue weighted by molar-refractivity contribution is -0.140. The maximum absolute atomic E-state index is 13.3. The highest BCUT2D eigenvalue weighted by Crippen LogP contribution is 2.41. The number of aliphatic hydroxyl groups excluding tert-OH is 1. The number of benzene rings is 3. The fourth-order valence-electron chi connectivity index (χ4n) is 4.81. The topological polar surface area (TPSA) is 113 Å². The summed E-state index contributed by atoms with van der Waals surface area (Å²) in [7, 11) is 1.52. The summed E-state index contributed by atoms with van der Waals surface area (Å²) < 4.78 is 11.0. The molecule has 2 N–H and O–H groups in total. The highest BCUT2D eigenvalue weighted by atomic mass is 16.5. The first-order chi connectivity index (χ1) is 17.9. The molecule has 2 aliphatic heterocycles.